The van der Waals surface area contributed by atoms with Gasteiger partial charge in [0.1, 0.15) is 0 Å². The van der Waals surface area contributed by atoms with Crippen LogP contribution in [0.15, 0.2) is 0 Å². The van der Waals surface area contributed by atoms with E-state index in [4.69, 9.17) is 4.74 Å². The van der Waals surface area contributed by atoms with E-state index in [1.54, 1.807) is 0 Å². The van der Waals surface area contributed by atoms with Crippen molar-refractivity contribution in [1.29, 1.82) is 0 Å². The van der Waals surface area contributed by atoms with Crippen LogP contribution in [0.3, 0.4) is 0 Å². The molecule has 1 rings (SSSR count). The summed E-state index contributed by atoms with van der Waals surface area (Å²) in [6.07, 6.45) is 4.94. The van der Waals surface area contributed by atoms with Crippen molar-refractivity contribution >= 4 is 0 Å². The van der Waals surface area contributed by atoms with Gasteiger partial charge in [-0.3, -0.25) is 0 Å². The van der Waals surface area contributed by atoms with Crippen LogP contribution in [0, 0.1) is 5.92 Å². The van der Waals surface area contributed by atoms with E-state index in [0.717, 1.165) is 25.6 Å². The fraction of sp³-hybridized carbons (Fsp3) is 1.00. The van der Waals surface area contributed by atoms with Crippen molar-refractivity contribution in [2.75, 3.05) is 32.8 Å². The molecule has 96 valence electrons. The first-order valence-electron chi connectivity index (χ1n) is 6.74. The normalized spacial score (nSPS) is 24.6. The van der Waals surface area contributed by atoms with Gasteiger partial charge in [-0.15, -0.1) is 0 Å². The molecule has 1 saturated heterocycles. The highest BCUT2D eigenvalue weighted by Gasteiger charge is 2.20. The second kappa shape index (κ2) is 8.04. The molecule has 3 nitrogen and oxygen atoms in total. The van der Waals surface area contributed by atoms with Gasteiger partial charge in [0, 0.05) is 19.7 Å². The number of piperidine rings is 1. The first kappa shape index (κ1) is 13.9. The highest BCUT2D eigenvalue weighted by atomic mass is 16.5. The van der Waals surface area contributed by atoms with Crippen LogP contribution in [-0.2, 0) is 4.74 Å². The predicted octanol–water partition coefficient (Wildman–Crippen LogP) is 1.90. The predicted molar refractivity (Wildman–Crippen MR) is 66.6 cm³/mol. The molecular weight excluding hydrogens is 202 g/mol. The fourth-order valence-corrected chi connectivity index (χ4v) is 2.57. The molecule has 16 heavy (non-hydrogen) atoms. The molecule has 2 atom stereocenters. The molecule has 0 aliphatic carbocycles. The van der Waals surface area contributed by atoms with Crippen LogP contribution in [0.4, 0.5) is 0 Å². The van der Waals surface area contributed by atoms with Gasteiger partial charge in [0.2, 0.25) is 0 Å². The Balaban J connectivity index is 2.20. The van der Waals surface area contributed by atoms with Crippen molar-refractivity contribution in [3.05, 3.63) is 0 Å². The Morgan fingerprint density at radius 3 is 2.94 bits per heavy atom. The van der Waals surface area contributed by atoms with Crippen molar-refractivity contribution < 1.29 is 9.84 Å². The maximum Gasteiger partial charge on any atom is 0.0900 e. The summed E-state index contributed by atoms with van der Waals surface area (Å²) in [7, 11) is 0. The molecule has 0 saturated carbocycles. The van der Waals surface area contributed by atoms with Gasteiger partial charge in [-0.25, -0.2) is 0 Å². The number of rotatable bonds is 7. The molecule has 0 aromatic rings. The standard InChI is InChI=1S/C13H27NO2/c1-3-6-12-7-5-8-14(9-12)10-13(15)11-16-4-2/h12-13,15H,3-11H2,1-2H3/t12-,13+/m1/s1. The van der Waals surface area contributed by atoms with Gasteiger partial charge in [-0.05, 0) is 38.6 Å². The molecule has 1 heterocycles. The summed E-state index contributed by atoms with van der Waals surface area (Å²) in [5.74, 6) is 0.845. The third-order valence-electron chi connectivity index (χ3n) is 3.28. The third-order valence-corrected chi connectivity index (χ3v) is 3.28. The molecule has 1 aliphatic heterocycles. The molecule has 1 N–H and O–H groups in total. The maximum atomic E-state index is 9.78. The Morgan fingerprint density at radius 2 is 2.25 bits per heavy atom. The quantitative estimate of drug-likeness (QED) is 0.723. The van der Waals surface area contributed by atoms with Crippen LogP contribution >= 0.6 is 0 Å². The lowest BCUT2D eigenvalue weighted by Crippen LogP contribution is -2.41. The zero-order valence-electron chi connectivity index (χ0n) is 10.8. The lowest BCUT2D eigenvalue weighted by atomic mass is 9.93. The summed E-state index contributed by atoms with van der Waals surface area (Å²) in [5, 5.41) is 9.78. The van der Waals surface area contributed by atoms with Crippen LogP contribution in [0.25, 0.3) is 0 Å². The molecule has 1 aliphatic rings. The Hall–Kier alpha value is -0.120. The van der Waals surface area contributed by atoms with Crippen molar-refractivity contribution in [3.63, 3.8) is 0 Å². The van der Waals surface area contributed by atoms with Gasteiger partial charge in [-0.1, -0.05) is 13.3 Å². The number of nitrogens with zero attached hydrogens (tertiary/aromatic N) is 1. The molecule has 0 amide bonds. The van der Waals surface area contributed by atoms with Crippen LogP contribution in [0.2, 0.25) is 0 Å². The van der Waals surface area contributed by atoms with E-state index in [1.807, 2.05) is 6.92 Å². The fourth-order valence-electron chi connectivity index (χ4n) is 2.57. The Morgan fingerprint density at radius 1 is 1.44 bits per heavy atom. The highest BCUT2D eigenvalue weighted by Crippen LogP contribution is 2.20. The number of β-amino-alcohol motifs (C(OH)–C–C–N with tert-alkyl or cyclic N) is 1. The Kier molecular flexibility index (Phi) is 7.01. The lowest BCUT2D eigenvalue weighted by Gasteiger charge is -2.33. The Labute approximate surface area is 99.8 Å². The van der Waals surface area contributed by atoms with Crippen LogP contribution in [0.1, 0.15) is 39.5 Å². The Bertz CT molecular complexity index is 173. The second-order valence-corrected chi connectivity index (χ2v) is 4.87. The zero-order valence-corrected chi connectivity index (χ0v) is 10.8. The van der Waals surface area contributed by atoms with Crippen molar-refractivity contribution in [2.45, 2.75) is 45.6 Å². The molecule has 0 unspecified atom stereocenters. The van der Waals surface area contributed by atoms with E-state index in [0.29, 0.717) is 13.2 Å². The van der Waals surface area contributed by atoms with Gasteiger partial charge in [0.05, 0.1) is 12.7 Å². The third kappa shape index (κ3) is 5.28. The first-order valence-corrected chi connectivity index (χ1v) is 6.74. The minimum Gasteiger partial charge on any atom is -0.389 e. The molecule has 0 radical (unpaired) electrons. The van der Waals surface area contributed by atoms with Crippen molar-refractivity contribution in [2.24, 2.45) is 5.92 Å². The number of aliphatic hydroxyl groups is 1. The monoisotopic (exact) mass is 229 g/mol. The average Bonchev–Trinajstić information content (AvgIpc) is 2.27. The van der Waals surface area contributed by atoms with Gasteiger partial charge < -0.3 is 14.7 Å². The summed E-state index contributed by atoms with van der Waals surface area (Å²) in [4.78, 5) is 2.40. The molecule has 0 aromatic heterocycles. The molecular formula is C13H27NO2. The topological polar surface area (TPSA) is 32.7 Å². The maximum absolute atomic E-state index is 9.78. The van der Waals surface area contributed by atoms with Gasteiger partial charge >= 0.3 is 0 Å². The minimum absolute atomic E-state index is 0.319. The number of hydrogen-bond acceptors (Lipinski definition) is 3. The van der Waals surface area contributed by atoms with E-state index in [2.05, 4.69) is 11.8 Å². The van der Waals surface area contributed by atoms with E-state index >= 15 is 0 Å². The van der Waals surface area contributed by atoms with Crippen molar-refractivity contribution in [3.8, 4) is 0 Å². The molecule has 0 aromatic carbocycles. The van der Waals surface area contributed by atoms with Gasteiger partial charge in [-0.2, -0.15) is 0 Å². The van der Waals surface area contributed by atoms with E-state index in [9.17, 15) is 5.11 Å². The average molecular weight is 229 g/mol. The van der Waals surface area contributed by atoms with E-state index in [1.165, 1.54) is 25.7 Å². The summed E-state index contributed by atoms with van der Waals surface area (Å²) in [5.41, 5.74) is 0. The van der Waals surface area contributed by atoms with Crippen LogP contribution in [0.5, 0.6) is 0 Å². The van der Waals surface area contributed by atoms with Crippen LogP contribution in [-0.4, -0.2) is 49.0 Å². The summed E-state index contributed by atoms with van der Waals surface area (Å²) < 4.78 is 5.23. The second-order valence-electron chi connectivity index (χ2n) is 4.87. The smallest absolute Gasteiger partial charge is 0.0900 e. The highest BCUT2D eigenvalue weighted by molar-refractivity contribution is 4.74. The van der Waals surface area contributed by atoms with E-state index < -0.39 is 0 Å². The zero-order chi connectivity index (χ0) is 11.8. The number of aliphatic hydroxyl groups excluding tert-OH is 1. The lowest BCUT2D eigenvalue weighted by molar-refractivity contribution is 0.0125. The SMILES string of the molecule is CCC[C@@H]1CCCN(C[C@H](O)COCC)C1. The van der Waals surface area contributed by atoms with Crippen LogP contribution < -0.4 is 0 Å². The molecule has 3 heteroatoms. The first-order chi connectivity index (χ1) is 7.76. The van der Waals surface area contributed by atoms with Gasteiger partial charge in [0.25, 0.3) is 0 Å². The molecule has 0 spiro atoms. The number of likely N-dealkylation sites (tertiary alicyclic amines) is 1. The summed E-state index contributed by atoms with van der Waals surface area (Å²) >= 11 is 0. The largest absolute Gasteiger partial charge is 0.389 e. The minimum atomic E-state index is -0.319. The summed E-state index contributed by atoms with van der Waals surface area (Å²) in [6, 6.07) is 0. The van der Waals surface area contributed by atoms with E-state index in [-0.39, 0.29) is 6.10 Å². The molecule has 0 bridgehead atoms. The number of hydrogen-bond donors (Lipinski definition) is 1. The van der Waals surface area contributed by atoms with Gasteiger partial charge in [0.15, 0.2) is 0 Å². The van der Waals surface area contributed by atoms with Crippen molar-refractivity contribution in [1.82, 2.24) is 4.90 Å². The molecule has 1 fully saturated rings. The summed E-state index contributed by atoms with van der Waals surface area (Å²) in [6.45, 7) is 8.47. The number of ether oxygens (including phenoxy) is 1.